The lowest BCUT2D eigenvalue weighted by Crippen LogP contribution is -2.16. The van der Waals surface area contributed by atoms with Crippen LogP contribution in [-0.4, -0.2) is 23.8 Å². The summed E-state index contributed by atoms with van der Waals surface area (Å²) in [5.74, 6) is -2.66. The van der Waals surface area contributed by atoms with Crippen molar-refractivity contribution in [3.05, 3.63) is 41.2 Å². The monoisotopic (exact) mass is 273 g/mol. The number of hydrogen-bond donors (Lipinski definition) is 2. The summed E-state index contributed by atoms with van der Waals surface area (Å²) in [7, 11) is 0. The van der Waals surface area contributed by atoms with E-state index in [-0.39, 0.29) is 17.3 Å². The molecule has 2 N–H and O–H groups in total. The fourth-order valence-electron chi connectivity index (χ4n) is 1.13. The molecule has 0 unspecified atom stereocenters. The van der Waals surface area contributed by atoms with Gasteiger partial charge in [-0.1, -0.05) is 24.3 Å². The number of carbonyl (C=O) groups is 2. The highest BCUT2D eigenvalue weighted by atomic mass is 35.5. The Morgan fingerprint density at radius 3 is 2.78 bits per heavy atom. The van der Waals surface area contributed by atoms with E-state index in [0.717, 1.165) is 12.1 Å². The second kappa shape index (κ2) is 6.02. The summed E-state index contributed by atoms with van der Waals surface area (Å²) in [4.78, 5) is 21.9. The maximum absolute atomic E-state index is 13.7. The van der Waals surface area contributed by atoms with E-state index in [0.29, 0.717) is 0 Å². The van der Waals surface area contributed by atoms with E-state index in [1.54, 1.807) is 0 Å². The molecule has 0 aliphatic carbocycles. The van der Waals surface area contributed by atoms with Gasteiger partial charge >= 0.3 is 12.1 Å². The summed E-state index contributed by atoms with van der Waals surface area (Å²) >= 11 is 5.54. The lowest BCUT2D eigenvalue weighted by Gasteiger charge is -2.09. The van der Waals surface area contributed by atoms with Crippen molar-refractivity contribution in [2.24, 2.45) is 0 Å². The average Bonchev–Trinajstić information content (AvgIpc) is 2.30. The topological polar surface area (TPSA) is 75.6 Å². The van der Waals surface area contributed by atoms with Crippen molar-refractivity contribution in [1.82, 2.24) is 0 Å². The first kappa shape index (κ1) is 14.0. The summed E-state index contributed by atoms with van der Waals surface area (Å²) in [6, 6.07) is 2.30. The van der Waals surface area contributed by atoms with Crippen LogP contribution in [-0.2, 0) is 4.74 Å². The van der Waals surface area contributed by atoms with Crippen LogP contribution in [0.1, 0.15) is 10.4 Å². The molecular weight excluding hydrogens is 265 g/mol. The highest BCUT2D eigenvalue weighted by molar-refractivity contribution is 6.33. The van der Waals surface area contributed by atoms with E-state index in [4.69, 9.17) is 16.7 Å². The molecule has 0 radical (unpaired) electrons. The lowest BCUT2D eigenvalue weighted by molar-refractivity contribution is 0.0692. The van der Waals surface area contributed by atoms with E-state index in [1.165, 1.54) is 6.08 Å². The number of rotatable bonds is 4. The normalized spacial score (nSPS) is 9.67. The average molecular weight is 274 g/mol. The highest BCUT2D eigenvalue weighted by Crippen LogP contribution is 2.25. The third-order valence-corrected chi connectivity index (χ3v) is 2.19. The Labute approximate surface area is 107 Å². The molecular formula is C11H9ClFNO4. The maximum Gasteiger partial charge on any atom is 0.412 e. The first-order chi connectivity index (χ1) is 8.47. The van der Waals surface area contributed by atoms with Gasteiger partial charge in [0.15, 0.2) is 5.82 Å². The number of benzene rings is 1. The summed E-state index contributed by atoms with van der Waals surface area (Å²) in [6.45, 7) is 3.28. The SMILES string of the molecule is C=CCOC(=O)Nc1ccc(Cl)c(C(=O)O)c1F. The molecule has 0 fully saturated rings. The summed E-state index contributed by atoms with van der Waals surface area (Å²) in [5.41, 5.74) is -1.04. The van der Waals surface area contributed by atoms with Gasteiger partial charge in [0.2, 0.25) is 0 Å². The second-order valence-corrected chi connectivity index (χ2v) is 3.51. The number of carboxylic acid groups (broad SMARTS) is 1. The molecule has 1 rings (SSSR count). The fourth-order valence-corrected chi connectivity index (χ4v) is 1.35. The van der Waals surface area contributed by atoms with E-state index < -0.39 is 23.4 Å². The van der Waals surface area contributed by atoms with Crippen LogP contribution in [0.5, 0.6) is 0 Å². The molecule has 18 heavy (non-hydrogen) atoms. The van der Waals surface area contributed by atoms with Crippen LogP contribution in [0.3, 0.4) is 0 Å². The zero-order valence-electron chi connectivity index (χ0n) is 9.07. The molecule has 0 bridgehead atoms. The largest absolute Gasteiger partial charge is 0.478 e. The molecule has 0 aromatic heterocycles. The smallest absolute Gasteiger partial charge is 0.412 e. The third-order valence-electron chi connectivity index (χ3n) is 1.87. The van der Waals surface area contributed by atoms with Crippen molar-refractivity contribution < 1.29 is 23.8 Å². The van der Waals surface area contributed by atoms with Crippen LogP contribution in [0.15, 0.2) is 24.8 Å². The molecule has 0 atom stereocenters. The Bertz CT molecular complexity index is 504. The number of nitrogens with one attached hydrogen (secondary N) is 1. The van der Waals surface area contributed by atoms with Gasteiger partial charge in [-0.2, -0.15) is 0 Å². The van der Waals surface area contributed by atoms with E-state index in [9.17, 15) is 14.0 Å². The number of carbonyl (C=O) groups excluding carboxylic acids is 1. The van der Waals surface area contributed by atoms with Gasteiger partial charge in [-0.15, -0.1) is 0 Å². The number of hydrogen-bond acceptors (Lipinski definition) is 3. The maximum atomic E-state index is 13.7. The van der Waals surface area contributed by atoms with Gasteiger partial charge in [-0.3, -0.25) is 5.32 Å². The van der Waals surface area contributed by atoms with Crippen molar-refractivity contribution in [2.45, 2.75) is 0 Å². The summed E-state index contributed by atoms with van der Waals surface area (Å²) in [5, 5.41) is 10.6. The fraction of sp³-hybridized carbons (Fsp3) is 0.0909. The van der Waals surface area contributed by atoms with E-state index in [1.807, 2.05) is 0 Å². The van der Waals surface area contributed by atoms with Crippen LogP contribution in [0.4, 0.5) is 14.9 Å². The van der Waals surface area contributed by atoms with Crippen LogP contribution >= 0.6 is 11.6 Å². The third kappa shape index (κ3) is 3.21. The Hall–Kier alpha value is -2.08. The molecule has 0 saturated carbocycles. The van der Waals surface area contributed by atoms with Gasteiger partial charge in [-0.25, -0.2) is 14.0 Å². The molecule has 1 amide bonds. The second-order valence-electron chi connectivity index (χ2n) is 3.10. The van der Waals surface area contributed by atoms with Gasteiger partial charge in [0.1, 0.15) is 12.2 Å². The standard InChI is InChI=1S/C11H9ClFNO4/c1-2-5-18-11(17)14-7-4-3-6(12)8(9(7)13)10(15)16/h2-4H,1,5H2,(H,14,17)(H,15,16). The van der Waals surface area contributed by atoms with Crippen LogP contribution < -0.4 is 5.32 Å². The highest BCUT2D eigenvalue weighted by Gasteiger charge is 2.19. The van der Waals surface area contributed by atoms with Gasteiger partial charge < -0.3 is 9.84 Å². The predicted octanol–water partition coefficient (Wildman–Crippen LogP) is 2.91. The Balaban J connectivity index is 2.97. The lowest BCUT2D eigenvalue weighted by atomic mass is 10.2. The number of anilines is 1. The molecule has 0 spiro atoms. The van der Waals surface area contributed by atoms with Crippen molar-refractivity contribution >= 4 is 29.4 Å². The number of ether oxygens (including phenoxy) is 1. The predicted molar refractivity (Wildman–Crippen MR) is 63.5 cm³/mol. The zero-order chi connectivity index (χ0) is 13.7. The molecule has 0 saturated heterocycles. The molecule has 0 aliphatic heterocycles. The van der Waals surface area contributed by atoms with Gasteiger partial charge in [0, 0.05) is 0 Å². The van der Waals surface area contributed by atoms with Gasteiger partial charge in [0.25, 0.3) is 0 Å². The van der Waals surface area contributed by atoms with E-state index >= 15 is 0 Å². The van der Waals surface area contributed by atoms with E-state index in [2.05, 4.69) is 16.6 Å². The molecule has 5 nitrogen and oxygen atoms in total. The molecule has 1 aromatic carbocycles. The minimum atomic E-state index is -1.53. The van der Waals surface area contributed by atoms with Crippen molar-refractivity contribution in [1.29, 1.82) is 0 Å². The minimum absolute atomic E-state index is 0.0488. The number of aromatic carboxylic acids is 1. The van der Waals surface area contributed by atoms with Gasteiger partial charge in [0.05, 0.1) is 10.7 Å². The Kier molecular flexibility index (Phi) is 4.67. The Morgan fingerprint density at radius 1 is 1.56 bits per heavy atom. The first-order valence-corrected chi connectivity index (χ1v) is 5.11. The van der Waals surface area contributed by atoms with Crippen molar-refractivity contribution in [2.75, 3.05) is 11.9 Å². The number of carboxylic acids is 1. The molecule has 0 heterocycles. The quantitative estimate of drug-likeness (QED) is 0.827. The molecule has 7 heteroatoms. The molecule has 1 aromatic rings. The van der Waals surface area contributed by atoms with Crippen LogP contribution in [0.25, 0.3) is 0 Å². The number of amides is 1. The molecule has 0 aliphatic rings. The van der Waals surface area contributed by atoms with Crippen LogP contribution in [0, 0.1) is 5.82 Å². The summed E-state index contributed by atoms with van der Waals surface area (Å²) in [6.07, 6.45) is 0.410. The van der Waals surface area contributed by atoms with Crippen LogP contribution in [0.2, 0.25) is 5.02 Å². The van der Waals surface area contributed by atoms with Crippen molar-refractivity contribution in [3.63, 3.8) is 0 Å². The first-order valence-electron chi connectivity index (χ1n) is 4.73. The zero-order valence-corrected chi connectivity index (χ0v) is 9.83. The van der Waals surface area contributed by atoms with Crippen molar-refractivity contribution in [3.8, 4) is 0 Å². The van der Waals surface area contributed by atoms with Gasteiger partial charge in [-0.05, 0) is 12.1 Å². The number of halogens is 2. The Morgan fingerprint density at radius 2 is 2.22 bits per heavy atom. The summed E-state index contributed by atoms with van der Waals surface area (Å²) < 4.78 is 18.3. The molecule has 96 valence electrons. The minimum Gasteiger partial charge on any atom is -0.478 e.